The van der Waals surface area contributed by atoms with Gasteiger partial charge in [0.15, 0.2) is 6.10 Å². The van der Waals surface area contributed by atoms with Crippen LogP contribution >= 0.6 is 0 Å². The Hall–Kier alpha value is -2.74. The summed E-state index contributed by atoms with van der Waals surface area (Å²) in [5.41, 5.74) is 1.59. The molecule has 0 N–H and O–H groups in total. The molecule has 0 aliphatic carbocycles. The smallest absolute Gasteiger partial charge is 0.328 e. The number of Topliss-reactive ketones (excluding diaryl/α,β-unsaturated/α-hetero) is 1. The minimum atomic E-state index is -0.608. The number of rotatable bonds is 7. The van der Waals surface area contributed by atoms with Crippen molar-refractivity contribution in [2.75, 3.05) is 52.9 Å². The Morgan fingerprint density at radius 1 is 1.00 bits per heavy atom. The number of piperidine rings is 3. The topological polar surface area (TPSA) is 66.9 Å². The number of ether oxygens (including phenoxy) is 1. The molecule has 0 saturated carbocycles. The maximum atomic E-state index is 13.7. The summed E-state index contributed by atoms with van der Waals surface area (Å²) in [6.45, 7) is 4.43. The Morgan fingerprint density at radius 2 is 1.64 bits per heavy atom. The SMILES string of the molecule is CN1CCN([C@H](C(=O)O[C@H]2C[N+]3(CC(=O)c4ccccc4)CCC2CC3)c2ccccc2)CC1=O.[Cl-]. The molecular formula is C28H34ClN3O4. The summed E-state index contributed by atoms with van der Waals surface area (Å²) in [5, 5.41) is 0. The van der Waals surface area contributed by atoms with Gasteiger partial charge in [-0.15, -0.1) is 0 Å². The Labute approximate surface area is 219 Å². The van der Waals surface area contributed by atoms with Crippen molar-refractivity contribution in [2.45, 2.75) is 25.0 Å². The Bertz CT molecular complexity index is 1070. The number of quaternary nitrogens is 1. The zero-order valence-corrected chi connectivity index (χ0v) is 21.5. The van der Waals surface area contributed by atoms with Crippen molar-refractivity contribution in [3.05, 3.63) is 71.8 Å². The van der Waals surface area contributed by atoms with Crippen LogP contribution in [0.1, 0.15) is 34.8 Å². The second-order valence-electron chi connectivity index (χ2n) is 10.3. The van der Waals surface area contributed by atoms with Gasteiger partial charge in [0.2, 0.25) is 11.7 Å². The minimum Gasteiger partial charge on any atom is -1.00 e. The van der Waals surface area contributed by atoms with E-state index in [9.17, 15) is 14.4 Å². The summed E-state index contributed by atoms with van der Waals surface area (Å²) in [4.78, 5) is 42.7. The van der Waals surface area contributed by atoms with Gasteiger partial charge in [0.05, 0.1) is 19.6 Å². The largest absolute Gasteiger partial charge is 1.00 e. The highest BCUT2D eigenvalue weighted by Gasteiger charge is 2.49. The van der Waals surface area contributed by atoms with Gasteiger partial charge < -0.3 is 26.5 Å². The van der Waals surface area contributed by atoms with E-state index in [-0.39, 0.29) is 42.7 Å². The van der Waals surface area contributed by atoms with E-state index >= 15 is 0 Å². The van der Waals surface area contributed by atoms with Crippen molar-refractivity contribution in [1.82, 2.24) is 9.80 Å². The average molecular weight is 512 g/mol. The quantitative estimate of drug-likeness (QED) is 0.286. The molecule has 7 nitrogen and oxygen atoms in total. The number of carbonyl (C=O) groups excluding carboxylic acids is 3. The number of hydrogen-bond acceptors (Lipinski definition) is 5. The second-order valence-corrected chi connectivity index (χ2v) is 10.3. The lowest BCUT2D eigenvalue weighted by molar-refractivity contribution is -0.938. The monoisotopic (exact) mass is 511 g/mol. The van der Waals surface area contributed by atoms with Crippen LogP contribution in [0.4, 0.5) is 0 Å². The lowest BCUT2D eigenvalue weighted by Gasteiger charge is -2.51. The van der Waals surface area contributed by atoms with Crippen molar-refractivity contribution >= 4 is 17.7 Å². The molecule has 192 valence electrons. The highest BCUT2D eigenvalue weighted by Crippen LogP contribution is 2.37. The first-order valence-electron chi connectivity index (χ1n) is 12.6. The molecule has 2 bridgehead atoms. The molecule has 4 fully saturated rings. The number of hydrogen-bond donors (Lipinski definition) is 0. The van der Waals surface area contributed by atoms with E-state index in [1.807, 2.05) is 65.6 Å². The van der Waals surface area contributed by atoms with Crippen molar-refractivity contribution in [1.29, 1.82) is 0 Å². The molecule has 1 amide bonds. The van der Waals surface area contributed by atoms with Crippen LogP contribution in [0.2, 0.25) is 0 Å². The summed E-state index contributed by atoms with van der Waals surface area (Å²) >= 11 is 0. The predicted octanol–water partition coefficient (Wildman–Crippen LogP) is -0.459. The zero-order valence-electron chi connectivity index (χ0n) is 20.7. The zero-order chi connectivity index (χ0) is 24.4. The summed E-state index contributed by atoms with van der Waals surface area (Å²) in [6, 6.07) is 18.5. The van der Waals surface area contributed by atoms with Gasteiger partial charge in [0.25, 0.3) is 0 Å². The van der Waals surface area contributed by atoms with Crippen LogP contribution in [0, 0.1) is 5.92 Å². The first-order chi connectivity index (χ1) is 16.9. The molecule has 4 aliphatic rings. The van der Waals surface area contributed by atoms with Gasteiger partial charge in [0.1, 0.15) is 19.1 Å². The molecule has 4 saturated heterocycles. The van der Waals surface area contributed by atoms with Crippen LogP contribution in [0.3, 0.4) is 0 Å². The number of benzene rings is 2. The van der Waals surface area contributed by atoms with Crippen molar-refractivity contribution in [2.24, 2.45) is 5.92 Å². The molecule has 0 unspecified atom stereocenters. The van der Waals surface area contributed by atoms with Gasteiger partial charge in [-0.25, -0.2) is 4.79 Å². The van der Waals surface area contributed by atoms with Gasteiger partial charge in [-0.3, -0.25) is 14.5 Å². The molecule has 2 aromatic rings. The first kappa shape index (κ1) is 26.3. The number of likely N-dealkylation sites (N-methyl/N-ethyl adjacent to an activating group) is 1. The van der Waals surface area contributed by atoms with Gasteiger partial charge in [-0.2, -0.15) is 0 Å². The fraction of sp³-hybridized carbons (Fsp3) is 0.464. The fourth-order valence-electron chi connectivity index (χ4n) is 5.94. The molecule has 8 heteroatoms. The fourth-order valence-corrected chi connectivity index (χ4v) is 5.94. The third kappa shape index (κ3) is 5.48. The summed E-state index contributed by atoms with van der Waals surface area (Å²) < 4.78 is 6.92. The third-order valence-corrected chi connectivity index (χ3v) is 8.07. The molecule has 4 heterocycles. The highest BCUT2D eigenvalue weighted by atomic mass is 35.5. The average Bonchev–Trinajstić information content (AvgIpc) is 2.88. The number of piperazine rings is 1. The lowest BCUT2D eigenvalue weighted by Crippen LogP contribution is -3.00. The Balaban J connectivity index is 0.00000304. The minimum absolute atomic E-state index is 0. The summed E-state index contributed by atoms with van der Waals surface area (Å²) in [5.74, 6) is 0.196. The van der Waals surface area contributed by atoms with Crippen molar-refractivity contribution < 1.29 is 36.0 Å². The number of esters is 1. The van der Waals surface area contributed by atoms with Gasteiger partial charge >= 0.3 is 5.97 Å². The molecule has 36 heavy (non-hydrogen) atoms. The summed E-state index contributed by atoms with van der Waals surface area (Å²) in [6.07, 6.45) is 1.72. The molecule has 0 radical (unpaired) electrons. The van der Waals surface area contributed by atoms with E-state index < -0.39 is 6.04 Å². The molecule has 0 spiro atoms. The van der Waals surface area contributed by atoms with Crippen LogP contribution in [-0.2, 0) is 14.3 Å². The molecule has 2 atom stereocenters. The van der Waals surface area contributed by atoms with Crippen LogP contribution < -0.4 is 12.4 Å². The van der Waals surface area contributed by atoms with Crippen molar-refractivity contribution in [3.8, 4) is 0 Å². The van der Waals surface area contributed by atoms with Gasteiger partial charge in [-0.1, -0.05) is 60.7 Å². The predicted molar refractivity (Wildman–Crippen MR) is 131 cm³/mol. The van der Waals surface area contributed by atoms with E-state index in [4.69, 9.17) is 4.74 Å². The Morgan fingerprint density at radius 3 is 2.28 bits per heavy atom. The summed E-state index contributed by atoms with van der Waals surface area (Å²) in [7, 11) is 1.79. The van der Waals surface area contributed by atoms with Crippen LogP contribution in [-0.4, -0.2) is 90.9 Å². The highest BCUT2D eigenvalue weighted by molar-refractivity contribution is 5.97. The normalized spacial score (nSPS) is 26.7. The number of ketones is 1. The van der Waals surface area contributed by atoms with Crippen LogP contribution in [0.25, 0.3) is 0 Å². The first-order valence-corrected chi connectivity index (χ1v) is 12.6. The van der Waals surface area contributed by atoms with E-state index in [1.54, 1.807) is 11.9 Å². The molecule has 4 aliphatic heterocycles. The number of halogens is 1. The van der Waals surface area contributed by atoms with E-state index in [1.165, 1.54) is 0 Å². The van der Waals surface area contributed by atoms with Gasteiger partial charge in [-0.05, 0) is 5.56 Å². The molecule has 6 rings (SSSR count). The number of nitrogens with zero attached hydrogens (tertiary/aromatic N) is 3. The molecular weight excluding hydrogens is 478 g/mol. The lowest BCUT2D eigenvalue weighted by atomic mass is 9.82. The second kappa shape index (κ2) is 11.1. The third-order valence-electron chi connectivity index (χ3n) is 8.07. The van der Waals surface area contributed by atoms with Crippen molar-refractivity contribution in [3.63, 3.8) is 0 Å². The Kier molecular flexibility index (Phi) is 8.13. The molecule has 0 aromatic heterocycles. The number of carbonyl (C=O) groups is 3. The number of fused-ring (bicyclic) bond motifs is 3. The van der Waals surface area contributed by atoms with E-state index in [0.717, 1.165) is 37.1 Å². The van der Waals surface area contributed by atoms with E-state index in [2.05, 4.69) is 0 Å². The van der Waals surface area contributed by atoms with E-state index in [0.29, 0.717) is 36.6 Å². The molecule has 2 aromatic carbocycles. The standard InChI is InChI=1S/C28H34N3O4.ClH/c1-29-14-15-30(18-26(29)33)27(23-10-6-3-7-11-23)28(34)35-25-20-31(16-12-22(25)13-17-31)19-24(32)21-8-4-2-5-9-21;/h2-11,22,25,27H,12-20H2,1H3;1H/q+1;/p-1/t22?,25-,27-,31?;/m0./s1. The number of amides is 1. The van der Waals surface area contributed by atoms with Crippen LogP contribution in [0.15, 0.2) is 60.7 Å². The maximum absolute atomic E-state index is 13.7. The van der Waals surface area contributed by atoms with Crippen LogP contribution in [0.5, 0.6) is 0 Å². The van der Waals surface area contributed by atoms with Gasteiger partial charge in [0, 0.05) is 44.5 Å². The maximum Gasteiger partial charge on any atom is 0.328 e.